The third kappa shape index (κ3) is 4.93. The second-order valence-electron chi connectivity index (χ2n) is 10.1. The maximum absolute atomic E-state index is 13.5. The molecule has 196 valence electrons. The highest BCUT2D eigenvalue weighted by atomic mass is 32.2. The zero-order valence-corrected chi connectivity index (χ0v) is 22.5. The molecule has 1 unspecified atom stereocenters. The summed E-state index contributed by atoms with van der Waals surface area (Å²) in [7, 11) is -3.66. The lowest BCUT2D eigenvalue weighted by Gasteiger charge is -2.42. The van der Waals surface area contributed by atoms with E-state index in [4.69, 9.17) is 0 Å². The van der Waals surface area contributed by atoms with Gasteiger partial charge in [0.25, 0.3) is 0 Å². The molecule has 0 amide bonds. The lowest BCUT2D eigenvalue weighted by molar-refractivity contribution is 0.105. The Morgan fingerprint density at radius 2 is 1.84 bits per heavy atom. The fourth-order valence-electron chi connectivity index (χ4n) is 5.14. The lowest BCUT2D eigenvalue weighted by atomic mass is 9.96. The van der Waals surface area contributed by atoms with Crippen LogP contribution in [0, 0.1) is 18.7 Å². The SMILES string of the molecule is CCn1cc(S(=O)(=O)N2CCN(CC(C)C)C(c3cc4cnn(-c5ccc(F)cc5)c4cc3C)C2)cn1. The monoisotopic (exact) mass is 524 g/mol. The molecule has 5 rings (SSSR count). The van der Waals surface area contributed by atoms with Crippen LogP contribution in [0.4, 0.5) is 4.39 Å². The van der Waals surface area contributed by atoms with Crippen molar-refractivity contribution < 1.29 is 12.8 Å². The highest BCUT2D eigenvalue weighted by Gasteiger charge is 2.36. The van der Waals surface area contributed by atoms with E-state index >= 15 is 0 Å². The first-order valence-corrected chi connectivity index (χ1v) is 14.1. The van der Waals surface area contributed by atoms with Crippen LogP contribution in [0.1, 0.15) is 37.9 Å². The molecule has 1 aliphatic heterocycles. The number of benzene rings is 2. The number of rotatable bonds is 7. The summed E-state index contributed by atoms with van der Waals surface area (Å²) in [6.45, 7) is 11.3. The van der Waals surface area contributed by atoms with Gasteiger partial charge in [0.2, 0.25) is 10.0 Å². The van der Waals surface area contributed by atoms with Crippen molar-refractivity contribution in [1.82, 2.24) is 28.8 Å². The third-order valence-corrected chi connectivity index (χ3v) is 8.83. The Morgan fingerprint density at radius 3 is 2.51 bits per heavy atom. The van der Waals surface area contributed by atoms with Crippen molar-refractivity contribution in [2.45, 2.75) is 45.2 Å². The number of sulfonamides is 1. The van der Waals surface area contributed by atoms with Crippen molar-refractivity contribution in [2.24, 2.45) is 5.92 Å². The molecule has 2 aromatic heterocycles. The minimum Gasteiger partial charge on any atom is -0.293 e. The summed E-state index contributed by atoms with van der Waals surface area (Å²) in [4.78, 5) is 2.63. The first-order chi connectivity index (χ1) is 17.7. The molecule has 4 aromatic rings. The van der Waals surface area contributed by atoms with Gasteiger partial charge in [0.1, 0.15) is 10.7 Å². The van der Waals surface area contributed by atoms with Crippen LogP contribution in [-0.4, -0.2) is 63.4 Å². The van der Waals surface area contributed by atoms with Gasteiger partial charge in [0, 0.05) is 50.3 Å². The molecule has 0 saturated carbocycles. The quantitative estimate of drug-likeness (QED) is 0.358. The summed E-state index contributed by atoms with van der Waals surface area (Å²) < 4.78 is 45.5. The minimum atomic E-state index is -3.66. The van der Waals surface area contributed by atoms with E-state index in [0.717, 1.165) is 34.3 Å². The topological polar surface area (TPSA) is 76.3 Å². The summed E-state index contributed by atoms with van der Waals surface area (Å²) in [5.41, 5.74) is 3.87. The molecule has 0 bridgehead atoms. The largest absolute Gasteiger partial charge is 0.293 e. The Morgan fingerprint density at radius 1 is 1.08 bits per heavy atom. The molecule has 3 heterocycles. The molecule has 1 atom stereocenters. The van der Waals surface area contributed by atoms with Crippen molar-refractivity contribution >= 4 is 20.9 Å². The van der Waals surface area contributed by atoms with Crippen LogP contribution < -0.4 is 0 Å². The van der Waals surface area contributed by atoms with E-state index in [-0.39, 0.29) is 16.8 Å². The highest BCUT2D eigenvalue weighted by molar-refractivity contribution is 7.89. The smallest absolute Gasteiger partial charge is 0.246 e. The van der Waals surface area contributed by atoms with Crippen molar-refractivity contribution in [3.63, 3.8) is 0 Å². The average Bonchev–Trinajstić information content (AvgIpc) is 3.51. The van der Waals surface area contributed by atoms with Crippen molar-refractivity contribution in [3.05, 3.63) is 71.9 Å². The average molecular weight is 525 g/mol. The molecular formula is C27H33FN6O2S. The molecule has 0 N–H and O–H groups in total. The molecule has 0 radical (unpaired) electrons. The van der Waals surface area contributed by atoms with Crippen LogP contribution >= 0.6 is 0 Å². The molecule has 0 aliphatic carbocycles. The Bertz CT molecular complexity index is 1510. The van der Waals surface area contributed by atoms with Gasteiger partial charge in [-0.1, -0.05) is 13.8 Å². The molecule has 8 nitrogen and oxygen atoms in total. The molecule has 0 spiro atoms. The van der Waals surface area contributed by atoms with E-state index in [2.05, 4.69) is 48.0 Å². The first kappa shape index (κ1) is 25.6. The maximum Gasteiger partial charge on any atom is 0.246 e. The highest BCUT2D eigenvalue weighted by Crippen LogP contribution is 2.34. The lowest BCUT2D eigenvalue weighted by Crippen LogP contribution is -2.51. The summed E-state index contributed by atoms with van der Waals surface area (Å²) >= 11 is 0. The number of piperazine rings is 1. The minimum absolute atomic E-state index is 0.0919. The maximum atomic E-state index is 13.5. The Labute approximate surface area is 217 Å². The van der Waals surface area contributed by atoms with Gasteiger partial charge in [-0.2, -0.15) is 14.5 Å². The summed E-state index contributed by atoms with van der Waals surface area (Å²) in [6.07, 6.45) is 4.85. The van der Waals surface area contributed by atoms with Crippen LogP contribution in [0.3, 0.4) is 0 Å². The molecule has 2 aromatic carbocycles. The number of aromatic nitrogens is 4. The molecule has 10 heteroatoms. The van der Waals surface area contributed by atoms with E-state index in [9.17, 15) is 12.8 Å². The van der Waals surface area contributed by atoms with Crippen LogP contribution in [0.5, 0.6) is 0 Å². The van der Waals surface area contributed by atoms with Gasteiger partial charge in [-0.3, -0.25) is 9.58 Å². The van der Waals surface area contributed by atoms with E-state index < -0.39 is 10.0 Å². The number of halogens is 1. The predicted octanol–water partition coefficient (Wildman–Crippen LogP) is 4.39. The van der Waals surface area contributed by atoms with Gasteiger partial charge < -0.3 is 0 Å². The predicted molar refractivity (Wildman–Crippen MR) is 142 cm³/mol. The van der Waals surface area contributed by atoms with Crippen LogP contribution in [0.2, 0.25) is 0 Å². The summed E-state index contributed by atoms with van der Waals surface area (Å²) in [5, 5.41) is 9.69. The Kier molecular flexibility index (Phi) is 6.91. The van der Waals surface area contributed by atoms with Gasteiger partial charge in [0.15, 0.2) is 0 Å². The number of hydrogen-bond donors (Lipinski definition) is 0. The van der Waals surface area contributed by atoms with E-state index in [1.807, 2.05) is 13.1 Å². The molecule has 37 heavy (non-hydrogen) atoms. The van der Waals surface area contributed by atoms with E-state index in [0.29, 0.717) is 32.1 Å². The Hall–Kier alpha value is -3.08. The zero-order chi connectivity index (χ0) is 26.3. The second kappa shape index (κ2) is 10.00. The zero-order valence-electron chi connectivity index (χ0n) is 21.7. The van der Waals surface area contributed by atoms with Crippen molar-refractivity contribution in [1.29, 1.82) is 0 Å². The standard InChI is InChI=1S/C27H33FN6O2S/c1-5-32-17-24(15-29-32)37(35,36)33-11-10-31(16-19(2)3)27(18-33)25-13-21-14-30-34(26(21)12-20(25)4)23-8-6-22(28)7-9-23/h6-9,12-15,17,19,27H,5,10-11,16,18H2,1-4H3. The van der Waals surface area contributed by atoms with Crippen LogP contribution in [0.25, 0.3) is 16.6 Å². The summed E-state index contributed by atoms with van der Waals surface area (Å²) in [6, 6.07) is 10.4. The number of aryl methyl sites for hydroxylation is 2. The third-order valence-electron chi connectivity index (χ3n) is 7.01. The number of nitrogens with zero attached hydrogens (tertiary/aromatic N) is 6. The number of hydrogen-bond acceptors (Lipinski definition) is 5. The fourth-order valence-corrected chi connectivity index (χ4v) is 6.53. The first-order valence-electron chi connectivity index (χ1n) is 12.7. The molecule has 1 aliphatic rings. The normalized spacial score (nSPS) is 17.7. The van der Waals surface area contributed by atoms with E-state index in [1.165, 1.54) is 18.3 Å². The van der Waals surface area contributed by atoms with Gasteiger partial charge in [-0.05, 0) is 67.3 Å². The Balaban J connectivity index is 1.52. The summed E-state index contributed by atoms with van der Waals surface area (Å²) in [5.74, 6) is 0.154. The van der Waals surface area contributed by atoms with Gasteiger partial charge in [-0.25, -0.2) is 17.5 Å². The second-order valence-corrected chi connectivity index (χ2v) is 12.0. The van der Waals surface area contributed by atoms with Crippen LogP contribution in [-0.2, 0) is 16.6 Å². The fraction of sp³-hybridized carbons (Fsp3) is 0.407. The number of fused-ring (bicyclic) bond motifs is 1. The molecule has 1 fully saturated rings. The van der Waals surface area contributed by atoms with Crippen molar-refractivity contribution in [2.75, 3.05) is 26.2 Å². The van der Waals surface area contributed by atoms with Gasteiger partial charge in [0.05, 0.1) is 23.6 Å². The van der Waals surface area contributed by atoms with Gasteiger partial charge in [-0.15, -0.1) is 0 Å². The molecule has 1 saturated heterocycles. The van der Waals surface area contributed by atoms with E-state index in [1.54, 1.807) is 32.0 Å². The molecular weight excluding hydrogens is 491 g/mol. The van der Waals surface area contributed by atoms with Crippen molar-refractivity contribution in [3.8, 4) is 5.69 Å². The van der Waals surface area contributed by atoms with Crippen LogP contribution in [0.15, 0.2) is 59.9 Å². The van der Waals surface area contributed by atoms with Gasteiger partial charge >= 0.3 is 0 Å².